The number of carbonyl (C=O) groups is 1. The average molecular weight is 416 g/mol. The minimum Gasteiger partial charge on any atom is -0.484 e. The fraction of sp³-hybridized carbons (Fsp3) is 0.381. The highest BCUT2D eigenvalue weighted by molar-refractivity contribution is 7.89. The molecule has 7 nitrogen and oxygen atoms in total. The van der Waals surface area contributed by atoms with E-state index in [-0.39, 0.29) is 11.3 Å². The molecule has 1 aliphatic heterocycles. The Bertz CT molecular complexity index is 999. The number of nitrogens with two attached hydrogens (primary N) is 1. The molecule has 0 radical (unpaired) electrons. The summed E-state index contributed by atoms with van der Waals surface area (Å²) in [5, 5.41) is 8.98. The predicted octanol–water partition coefficient (Wildman–Crippen LogP) is 1.87. The average Bonchev–Trinajstić information content (AvgIpc) is 3.50. The van der Waals surface area contributed by atoms with Crippen LogP contribution in [0.3, 0.4) is 0 Å². The van der Waals surface area contributed by atoms with Gasteiger partial charge in [0.05, 0.1) is 18.0 Å². The summed E-state index contributed by atoms with van der Waals surface area (Å²) in [6.45, 7) is 0.627. The Morgan fingerprint density at radius 2 is 1.86 bits per heavy atom. The number of benzene rings is 2. The van der Waals surface area contributed by atoms with E-state index in [1.807, 2.05) is 30.3 Å². The number of sulfonamides is 1. The lowest BCUT2D eigenvalue weighted by Gasteiger charge is -2.49. The number of nitrogens with zero attached hydrogens (tertiary/aromatic N) is 1. The van der Waals surface area contributed by atoms with E-state index in [2.05, 4.69) is 0 Å². The van der Waals surface area contributed by atoms with E-state index >= 15 is 0 Å². The molecule has 2 aromatic rings. The van der Waals surface area contributed by atoms with Gasteiger partial charge < -0.3 is 15.6 Å². The van der Waals surface area contributed by atoms with Crippen molar-refractivity contribution < 1.29 is 23.1 Å². The third-order valence-corrected chi connectivity index (χ3v) is 7.37. The summed E-state index contributed by atoms with van der Waals surface area (Å²) in [6.07, 6.45) is 2.16. The summed E-state index contributed by atoms with van der Waals surface area (Å²) in [5.74, 6) is 0.00319. The summed E-state index contributed by atoms with van der Waals surface area (Å²) in [4.78, 5) is 11.1. The number of carboxylic acids is 1. The quantitative estimate of drug-likeness (QED) is 0.680. The molecule has 2 aromatic carbocycles. The zero-order valence-corrected chi connectivity index (χ0v) is 16.7. The lowest BCUT2D eigenvalue weighted by Crippen LogP contribution is -2.67. The highest BCUT2D eigenvalue weighted by atomic mass is 32.2. The molecule has 154 valence electrons. The first-order valence-electron chi connectivity index (χ1n) is 9.62. The van der Waals surface area contributed by atoms with Crippen LogP contribution < -0.4 is 10.5 Å². The zero-order valence-electron chi connectivity index (χ0n) is 15.9. The maximum atomic E-state index is 13.1. The highest BCUT2D eigenvalue weighted by Crippen LogP contribution is 2.48. The number of carboxylic acid groups (broad SMARTS) is 1. The maximum Gasteiger partial charge on any atom is 0.320 e. The first-order valence-corrected chi connectivity index (χ1v) is 11.1. The van der Waals surface area contributed by atoms with Crippen LogP contribution in [0.4, 0.5) is 0 Å². The van der Waals surface area contributed by atoms with Crippen molar-refractivity contribution >= 4 is 16.0 Å². The topological polar surface area (TPSA) is 110 Å². The van der Waals surface area contributed by atoms with Gasteiger partial charge >= 0.3 is 5.97 Å². The van der Waals surface area contributed by atoms with Crippen molar-refractivity contribution in [3.8, 4) is 5.75 Å². The van der Waals surface area contributed by atoms with Gasteiger partial charge in [-0.05, 0) is 49.1 Å². The molecule has 29 heavy (non-hydrogen) atoms. The summed E-state index contributed by atoms with van der Waals surface area (Å²) in [5.41, 5.74) is 5.68. The van der Waals surface area contributed by atoms with Crippen molar-refractivity contribution in [2.75, 3.05) is 13.1 Å². The molecule has 1 aliphatic carbocycles. The van der Waals surface area contributed by atoms with Crippen LogP contribution in [0.5, 0.6) is 5.75 Å². The largest absolute Gasteiger partial charge is 0.484 e. The van der Waals surface area contributed by atoms with E-state index in [0.717, 1.165) is 18.6 Å². The summed E-state index contributed by atoms with van der Waals surface area (Å²) in [7, 11) is -3.68. The van der Waals surface area contributed by atoms with E-state index in [4.69, 9.17) is 15.6 Å². The van der Waals surface area contributed by atoms with Crippen LogP contribution in [0.25, 0.3) is 0 Å². The monoisotopic (exact) mass is 416 g/mol. The van der Waals surface area contributed by atoms with Gasteiger partial charge in [-0.25, -0.2) is 8.42 Å². The number of aliphatic carboxylic acids is 1. The Kier molecular flexibility index (Phi) is 5.10. The molecule has 2 fully saturated rings. The minimum atomic E-state index is -3.68. The third-order valence-electron chi connectivity index (χ3n) is 5.58. The Morgan fingerprint density at radius 3 is 2.48 bits per heavy atom. The predicted molar refractivity (Wildman–Crippen MR) is 107 cm³/mol. The SMILES string of the molecule is N[C@@H](Cc1cccc(S(=O)(=O)N2CC(Oc3ccccc3)(C3CC3)C2)c1)C(=O)O. The molecule has 8 heteroatoms. The molecular formula is C21H24N2O5S. The van der Waals surface area contributed by atoms with Gasteiger partial charge in [-0.2, -0.15) is 4.31 Å². The molecule has 2 aliphatic rings. The molecule has 0 unspecified atom stereocenters. The van der Waals surface area contributed by atoms with Gasteiger partial charge in [-0.1, -0.05) is 30.3 Å². The van der Waals surface area contributed by atoms with Crippen molar-refractivity contribution in [2.45, 2.75) is 35.8 Å². The van der Waals surface area contributed by atoms with Crippen molar-refractivity contribution in [1.82, 2.24) is 4.31 Å². The van der Waals surface area contributed by atoms with E-state index in [9.17, 15) is 13.2 Å². The van der Waals surface area contributed by atoms with E-state index < -0.39 is 27.6 Å². The van der Waals surface area contributed by atoms with Crippen LogP contribution in [0.2, 0.25) is 0 Å². The molecule has 1 saturated heterocycles. The lowest BCUT2D eigenvalue weighted by atomic mass is 9.90. The normalized spacial score (nSPS) is 19.9. The van der Waals surface area contributed by atoms with Crippen LogP contribution >= 0.6 is 0 Å². The van der Waals surface area contributed by atoms with E-state index in [1.54, 1.807) is 12.1 Å². The van der Waals surface area contributed by atoms with Crippen molar-refractivity contribution in [3.05, 3.63) is 60.2 Å². The second-order valence-electron chi connectivity index (χ2n) is 7.82. The van der Waals surface area contributed by atoms with Crippen LogP contribution in [0, 0.1) is 5.92 Å². The first kappa shape index (κ1) is 19.9. The van der Waals surface area contributed by atoms with Crippen molar-refractivity contribution in [1.29, 1.82) is 0 Å². The molecule has 4 rings (SSSR count). The molecule has 1 saturated carbocycles. The standard InChI is InChI=1S/C21H24N2O5S/c22-19(20(24)25)12-15-5-4-8-18(11-15)29(26,27)23-13-21(14-23,16-9-10-16)28-17-6-2-1-3-7-17/h1-8,11,16,19H,9-10,12-14,22H2,(H,24,25)/t19-/m0/s1. The molecule has 0 bridgehead atoms. The number of hydrogen-bond acceptors (Lipinski definition) is 5. The van der Waals surface area contributed by atoms with Crippen LogP contribution in [0.15, 0.2) is 59.5 Å². The van der Waals surface area contributed by atoms with Gasteiger partial charge in [0.15, 0.2) is 0 Å². The Morgan fingerprint density at radius 1 is 1.17 bits per heavy atom. The fourth-order valence-corrected chi connectivity index (χ4v) is 5.41. The number of ether oxygens (including phenoxy) is 1. The number of para-hydroxylation sites is 1. The molecule has 0 amide bonds. The second-order valence-corrected chi connectivity index (χ2v) is 9.76. The first-order chi connectivity index (χ1) is 13.8. The van der Waals surface area contributed by atoms with Gasteiger partial charge in [-0.15, -0.1) is 0 Å². The van der Waals surface area contributed by atoms with Crippen molar-refractivity contribution in [2.24, 2.45) is 11.7 Å². The maximum absolute atomic E-state index is 13.1. The molecule has 1 atom stereocenters. The molecule has 3 N–H and O–H groups in total. The highest BCUT2D eigenvalue weighted by Gasteiger charge is 2.58. The van der Waals surface area contributed by atoms with Gasteiger partial charge in [-0.3, -0.25) is 4.79 Å². The van der Waals surface area contributed by atoms with E-state index in [1.165, 1.54) is 16.4 Å². The third kappa shape index (κ3) is 4.01. The van der Waals surface area contributed by atoms with Gasteiger partial charge in [0, 0.05) is 5.92 Å². The Labute approximate surface area is 170 Å². The molecule has 1 heterocycles. The summed E-state index contributed by atoms with van der Waals surface area (Å²) in [6, 6.07) is 14.7. The van der Waals surface area contributed by atoms with Gasteiger partial charge in [0.2, 0.25) is 10.0 Å². The fourth-order valence-electron chi connectivity index (χ4n) is 3.78. The summed E-state index contributed by atoms with van der Waals surface area (Å²) < 4.78 is 33.9. The summed E-state index contributed by atoms with van der Waals surface area (Å²) >= 11 is 0. The van der Waals surface area contributed by atoms with Crippen LogP contribution in [-0.2, 0) is 21.2 Å². The molecule has 0 spiro atoms. The van der Waals surface area contributed by atoms with Crippen LogP contribution in [0.1, 0.15) is 18.4 Å². The number of hydrogen-bond donors (Lipinski definition) is 2. The van der Waals surface area contributed by atoms with E-state index in [0.29, 0.717) is 24.6 Å². The van der Waals surface area contributed by atoms with Gasteiger partial charge in [0.1, 0.15) is 17.4 Å². The Balaban J connectivity index is 1.50. The van der Waals surface area contributed by atoms with Crippen molar-refractivity contribution in [3.63, 3.8) is 0 Å². The lowest BCUT2D eigenvalue weighted by molar-refractivity contribution is -0.138. The smallest absolute Gasteiger partial charge is 0.320 e. The molecule has 0 aromatic heterocycles. The minimum absolute atomic E-state index is 0.0713. The zero-order chi connectivity index (χ0) is 20.6. The van der Waals surface area contributed by atoms with Gasteiger partial charge in [0.25, 0.3) is 0 Å². The van der Waals surface area contributed by atoms with Crippen LogP contribution in [-0.4, -0.2) is 48.5 Å². The second kappa shape index (κ2) is 7.44. The molecular weight excluding hydrogens is 392 g/mol. The Hall–Kier alpha value is -2.42. The number of rotatable bonds is 8.